The van der Waals surface area contributed by atoms with Crippen molar-refractivity contribution in [3.05, 3.63) is 52.5 Å². The monoisotopic (exact) mass is 449 g/mol. The number of aliphatic hydroxyl groups is 2. The number of para-hydroxylation sites is 2. The molecule has 2 aromatic carbocycles. The molecule has 2 atom stereocenters. The second kappa shape index (κ2) is 9.54. The molecule has 0 radical (unpaired) electrons. The highest BCUT2D eigenvalue weighted by atomic mass is 35.5. The third-order valence-electron chi connectivity index (χ3n) is 5.46. The molecule has 2 N–H and O–H groups in total. The molecule has 1 saturated heterocycles. The van der Waals surface area contributed by atoms with Crippen molar-refractivity contribution in [2.75, 3.05) is 31.1 Å². The zero-order valence-corrected chi connectivity index (χ0v) is 18.0. The van der Waals surface area contributed by atoms with Gasteiger partial charge in [0, 0.05) is 32.2 Å². The van der Waals surface area contributed by atoms with Crippen LogP contribution in [0.3, 0.4) is 0 Å². The number of ether oxygens (including phenoxy) is 1. The molecule has 8 heteroatoms. The highest BCUT2D eigenvalue weighted by Gasteiger charge is 2.26. The van der Waals surface area contributed by atoms with Crippen LogP contribution in [0.1, 0.15) is 12.8 Å². The minimum atomic E-state index is -0.833. The predicted molar refractivity (Wildman–Crippen MR) is 121 cm³/mol. The molecule has 0 saturated carbocycles. The van der Waals surface area contributed by atoms with E-state index in [2.05, 4.69) is 9.89 Å². The van der Waals surface area contributed by atoms with Crippen LogP contribution in [0.15, 0.2) is 47.5 Å². The van der Waals surface area contributed by atoms with Crippen molar-refractivity contribution in [1.82, 2.24) is 4.90 Å². The van der Waals surface area contributed by atoms with Crippen LogP contribution in [-0.4, -0.2) is 65.9 Å². The first-order valence-corrected chi connectivity index (χ1v) is 10.9. The van der Waals surface area contributed by atoms with Crippen LogP contribution in [0.25, 0.3) is 0 Å². The van der Waals surface area contributed by atoms with Crippen LogP contribution >= 0.6 is 23.2 Å². The van der Waals surface area contributed by atoms with Crippen LogP contribution in [0.2, 0.25) is 10.0 Å². The average molecular weight is 450 g/mol. The summed E-state index contributed by atoms with van der Waals surface area (Å²) in [5.41, 5.74) is 1.63. The van der Waals surface area contributed by atoms with E-state index < -0.39 is 12.3 Å². The van der Waals surface area contributed by atoms with E-state index in [1.54, 1.807) is 17.0 Å². The fourth-order valence-electron chi connectivity index (χ4n) is 3.93. The second-order valence-corrected chi connectivity index (χ2v) is 8.49. The van der Waals surface area contributed by atoms with Crippen molar-refractivity contribution in [2.45, 2.75) is 31.3 Å². The molecule has 2 aliphatic rings. The van der Waals surface area contributed by atoms with Gasteiger partial charge in [-0.1, -0.05) is 35.3 Å². The zero-order valence-electron chi connectivity index (χ0n) is 16.5. The molecule has 0 aromatic heterocycles. The van der Waals surface area contributed by atoms with Crippen molar-refractivity contribution in [1.29, 1.82) is 0 Å². The standard InChI is InChI=1S/C22H25Cl2N3O3/c23-18-6-5-17(11-19(18)24)30-16-7-9-26(10-8-16)13-15(28)14-27-21-4-2-1-3-20(21)25-12-22(27)29/h1-6,11-12,15-16,22,28-29H,7-10,13-14H2/t15-,22?/m0/s1. The van der Waals surface area contributed by atoms with Crippen molar-refractivity contribution in [2.24, 2.45) is 4.99 Å². The Morgan fingerprint density at radius 1 is 1.07 bits per heavy atom. The summed E-state index contributed by atoms with van der Waals surface area (Å²) < 4.78 is 6.03. The van der Waals surface area contributed by atoms with Gasteiger partial charge in [0.15, 0.2) is 6.23 Å². The summed E-state index contributed by atoms with van der Waals surface area (Å²) in [4.78, 5) is 8.28. The fourth-order valence-corrected chi connectivity index (χ4v) is 4.22. The Hall–Kier alpha value is -1.83. The molecule has 1 unspecified atom stereocenters. The summed E-state index contributed by atoms with van der Waals surface area (Å²) in [6.45, 7) is 2.55. The van der Waals surface area contributed by atoms with Crippen molar-refractivity contribution in [3.63, 3.8) is 0 Å². The molecule has 0 spiro atoms. The number of aliphatic hydroxyl groups excluding tert-OH is 2. The van der Waals surface area contributed by atoms with E-state index in [0.717, 1.165) is 43.1 Å². The number of β-amino-alcohol motifs (C(OH)–C–C–N with tert-alkyl or cyclic N) is 1. The quantitative estimate of drug-likeness (QED) is 0.702. The van der Waals surface area contributed by atoms with Gasteiger partial charge in [0.05, 0.1) is 33.7 Å². The van der Waals surface area contributed by atoms with Crippen LogP contribution in [-0.2, 0) is 0 Å². The number of fused-ring (bicyclic) bond motifs is 1. The minimum Gasteiger partial charge on any atom is -0.490 e. The number of hydrogen-bond donors (Lipinski definition) is 2. The summed E-state index contributed by atoms with van der Waals surface area (Å²) in [7, 11) is 0. The number of benzene rings is 2. The lowest BCUT2D eigenvalue weighted by Crippen LogP contribution is -2.48. The average Bonchev–Trinajstić information content (AvgIpc) is 2.74. The lowest BCUT2D eigenvalue weighted by atomic mass is 10.1. The van der Waals surface area contributed by atoms with Gasteiger partial charge in [0.2, 0.25) is 0 Å². The molecular weight excluding hydrogens is 425 g/mol. The molecule has 2 aliphatic heterocycles. The molecule has 160 valence electrons. The van der Waals surface area contributed by atoms with E-state index in [1.807, 2.05) is 30.3 Å². The lowest BCUT2D eigenvalue weighted by Gasteiger charge is -2.36. The highest BCUT2D eigenvalue weighted by Crippen LogP contribution is 2.32. The van der Waals surface area contributed by atoms with E-state index in [9.17, 15) is 10.2 Å². The smallest absolute Gasteiger partial charge is 0.163 e. The third-order valence-corrected chi connectivity index (χ3v) is 6.20. The predicted octanol–water partition coefficient (Wildman–Crippen LogP) is 3.74. The normalized spacial score (nSPS) is 20.8. The summed E-state index contributed by atoms with van der Waals surface area (Å²) in [5, 5.41) is 22.0. The first kappa shape index (κ1) is 21.4. The Bertz CT molecular complexity index is 903. The van der Waals surface area contributed by atoms with E-state index in [1.165, 1.54) is 6.21 Å². The molecule has 0 bridgehead atoms. The molecule has 1 fully saturated rings. The largest absolute Gasteiger partial charge is 0.490 e. The molecule has 6 nitrogen and oxygen atoms in total. The molecular formula is C22H25Cl2N3O3. The first-order valence-electron chi connectivity index (χ1n) is 10.1. The number of halogens is 2. The second-order valence-electron chi connectivity index (χ2n) is 7.68. The summed E-state index contributed by atoms with van der Waals surface area (Å²) >= 11 is 12.0. The van der Waals surface area contributed by atoms with Crippen molar-refractivity contribution in [3.8, 4) is 5.75 Å². The number of nitrogens with zero attached hydrogens (tertiary/aromatic N) is 3. The Labute approximate surface area is 186 Å². The van der Waals surface area contributed by atoms with E-state index in [-0.39, 0.29) is 6.10 Å². The van der Waals surface area contributed by atoms with Crippen LogP contribution in [0.4, 0.5) is 11.4 Å². The van der Waals surface area contributed by atoms with Gasteiger partial charge in [-0.05, 0) is 37.1 Å². The number of aliphatic imine (C=N–C) groups is 1. The van der Waals surface area contributed by atoms with Crippen molar-refractivity contribution < 1.29 is 14.9 Å². The number of anilines is 1. The van der Waals surface area contributed by atoms with Gasteiger partial charge in [-0.2, -0.15) is 0 Å². The number of rotatable bonds is 6. The van der Waals surface area contributed by atoms with E-state index in [0.29, 0.717) is 23.1 Å². The third kappa shape index (κ3) is 5.07. The Morgan fingerprint density at radius 3 is 2.60 bits per heavy atom. The maximum Gasteiger partial charge on any atom is 0.163 e. The van der Waals surface area contributed by atoms with Crippen LogP contribution in [0, 0.1) is 0 Å². The number of likely N-dealkylation sites (tertiary alicyclic amines) is 1. The summed E-state index contributed by atoms with van der Waals surface area (Å²) in [6, 6.07) is 12.9. The maximum atomic E-state index is 10.7. The zero-order chi connectivity index (χ0) is 21.1. The molecule has 4 rings (SSSR count). The molecule has 0 amide bonds. The molecule has 2 heterocycles. The minimum absolute atomic E-state index is 0.114. The van der Waals surface area contributed by atoms with Gasteiger partial charge < -0.3 is 24.7 Å². The molecule has 30 heavy (non-hydrogen) atoms. The molecule has 0 aliphatic carbocycles. The fraction of sp³-hybridized carbons (Fsp3) is 0.409. The Morgan fingerprint density at radius 2 is 1.83 bits per heavy atom. The van der Waals surface area contributed by atoms with Gasteiger partial charge in [0.25, 0.3) is 0 Å². The summed E-state index contributed by atoms with van der Waals surface area (Å²) in [5.74, 6) is 0.724. The maximum absolute atomic E-state index is 10.7. The number of hydrogen-bond acceptors (Lipinski definition) is 6. The first-order chi connectivity index (χ1) is 14.5. The topological polar surface area (TPSA) is 68.5 Å². The van der Waals surface area contributed by atoms with Gasteiger partial charge >= 0.3 is 0 Å². The van der Waals surface area contributed by atoms with Gasteiger partial charge in [-0.3, -0.25) is 4.99 Å². The Kier molecular flexibility index (Phi) is 6.80. The van der Waals surface area contributed by atoms with Gasteiger partial charge in [-0.25, -0.2) is 0 Å². The van der Waals surface area contributed by atoms with Crippen LogP contribution < -0.4 is 9.64 Å². The van der Waals surface area contributed by atoms with Crippen molar-refractivity contribution >= 4 is 40.8 Å². The highest BCUT2D eigenvalue weighted by molar-refractivity contribution is 6.42. The number of piperidine rings is 1. The molecule has 2 aromatic rings. The van der Waals surface area contributed by atoms with Crippen LogP contribution in [0.5, 0.6) is 5.75 Å². The lowest BCUT2D eigenvalue weighted by molar-refractivity contribution is 0.0608. The van der Waals surface area contributed by atoms with E-state index in [4.69, 9.17) is 27.9 Å². The summed E-state index contributed by atoms with van der Waals surface area (Å²) in [6.07, 6.45) is 1.93. The Balaban J connectivity index is 1.27. The SMILES string of the molecule is OC1C=Nc2ccccc2N1C[C@@H](O)CN1CCC(Oc2ccc(Cl)c(Cl)c2)CC1. The van der Waals surface area contributed by atoms with E-state index >= 15 is 0 Å². The van der Waals surface area contributed by atoms with Gasteiger partial charge in [-0.15, -0.1) is 0 Å². The van der Waals surface area contributed by atoms with Gasteiger partial charge in [0.1, 0.15) is 11.9 Å².